The van der Waals surface area contributed by atoms with Crippen LogP contribution in [-0.2, 0) is 0 Å². The molecule has 0 saturated heterocycles. The Morgan fingerprint density at radius 3 is 2.41 bits per heavy atom. The average molecular weight is 252 g/mol. The van der Waals surface area contributed by atoms with Crippen LogP contribution in [-0.4, -0.2) is 14.7 Å². The summed E-state index contributed by atoms with van der Waals surface area (Å²) < 4.78 is 1.08. The molecule has 1 aromatic carbocycles. The summed E-state index contributed by atoms with van der Waals surface area (Å²) in [4.78, 5) is 21.5. The average Bonchev–Trinajstić information content (AvgIpc) is 2.32. The van der Waals surface area contributed by atoms with Crippen molar-refractivity contribution in [3.63, 3.8) is 0 Å². The van der Waals surface area contributed by atoms with Crippen molar-refractivity contribution in [3.8, 4) is 5.69 Å². The summed E-state index contributed by atoms with van der Waals surface area (Å²) in [5, 5.41) is 14.5. The fourth-order valence-corrected chi connectivity index (χ4v) is 1.43. The third-order valence-corrected chi connectivity index (χ3v) is 2.27. The van der Waals surface area contributed by atoms with Crippen molar-refractivity contribution >= 4 is 17.3 Å². The van der Waals surface area contributed by atoms with Crippen molar-refractivity contribution in [2.45, 2.75) is 0 Å². The first-order valence-electron chi connectivity index (χ1n) is 4.58. The maximum absolute atomic E-state index is 11.5. The fourth-order valence-electron chi connectivity index (χ4n) is 1.29. The molecule has 0 aliphatic rings. The number of benzene rings is 1. The lowest BCUT2D eigenvalue weighted by molar-refractivity contribution is -0.384. The second kappa shape index (κ2) is 4.34. The number of nitro groups is 1. The molecule has 0 radical (unpaired) electrons. The van der Waals surface area contributed by atoms with Crippen LogP contribution in [0.15, 0.2) is 41.2 Å². The van der Waals surface area contributed by atoms with Gasteiger partial charge in [0.15, 0.2) is 0 Å². The molecule has 6 nitrogen and oxygen atoms in total. The molecule has 2 aromatic rings. The molecule has 0 amide bonds. The summed E-state index contributed by atoms with van der Waals surface area (Å²) in [7, 11) is 0. The lowest BCUT2D eigenvalue weighted by atomic mass is 10.3. The Labute approximate surface area is 100 Å². The predicted octanol–water partition coefficient (Wildman–Crippen LogP) is 1.79. The van der Waals surface area contributed by atoms with Crippen LogP contribution < -0.4 is 5.56 Å². The first-order chi connectivity index (χ1) is 8.08. The third-order valence-electron chi connectivity index (χ3n) is 2.07. The SMILES string of the molecule is O=c1ccc(Cl)nn1-c1ccc([N+](=O)[O-])cc1. The molecule has 0 spiro atoms. The molecule has 0 saturated carbocycles. The van der Waals surface area contributed by atoms with Gasteiger partial charge in [0.1, 0.15) is 5.15 Å². The summed E-state index contributed by atoms with van der Waals surface area (Å²) >= 11 is 5.67. The van der Waals surface area contributed by atoms with E-state index in [9.17, 15) is 14.9 Å². The minimum Gasteiger partial charge on any atom is -0.267 e. The highest BCUT2D eigenvalue weighted by molar-refractivity contribution is 6.29. The smallest absolute Gasteiger partial charge is 0.267 e. The van der Waals surface area contributed by atoms with Gasteiger partial charge in [-0.1, -0.05) is 11.6 Å². The standard InChI is InChI=1S/C10H6ClN3O3/c11-9-5-6-10(15)13(12-9)7-1-3-8(4-2-7)14(16)17/h1-6H. The second-order valence-electron chi connectivity index (χ2n) is 3.18. The highest BCUT2D eigenvalue weighted by atomic mass is 35.5. The fraction of sp³-hybridized carbons (Fsp3) is 0. The van der Waals surface area contributed by atoms with Gasteiger partial charge in [-0.05, 0) is 18.2 Å². The van der Waals surface area contributed by atoms with Gasteiger partial charge >= 0.3 is 0 Å². The van der Waals surface area contributed by atoms with Crippen LogP contribution in [0.1, 0.15) is 0 Å². The molecule has 7 heteroatoms. The lowest BCUT2D eigenvalue weighted by Gasteiger charge is -2.03. The summed E-state index contributed by atoms with van der Waals surface area (Å²) in [6, 6.07) is 8.11. The largest absolute Gasteiger partial charge is 0.271 e. The normalized spacial score (nSPS) is 10.2. The van der Waals surface area contributed by atoms with Gasteiger partial charge in [0, 0.05) is 18.2 Å². The molecule has 86 valence electrons. The maximum Gasteiger partial charge on any atom is 0.271 e. The molecular formula is C10H6ClN3O3. The van der Waals surface area contributed by atoms with Gasteiger partial charge in [-0.2, -0.15) is 9.78 Å². The van der Waals surface area contributed by atoms with Crippen molar-refractivity contribution in [2.24, 2.45) is 0 Å². The molecule has 0 fully saturated rings. The molecule has 17 heavy (non-hydrogen) atoms. The van der Waals surface area contributed by atoms with Crippen LogP contribution in [0.3, 0.4) is 0 Å². The number of hydrogen-bond donors (Lipinski definition) is 0. The van der Waals surface area contributed by atoms with Crippen LogP contribution in [0.2, 0.25) is 5.15 Å². The van der Waals surface area contributed by atoms with E-state index in [1.807, 2.05) is 0 Å². The molecule has 0 aliphatic heterocycles. The second-order valence-corrected chi connectivity index (χ2v) is 3.57. The van der Waals surface area contributed by atoms with Gasteiger partial charge in [-0.25, -0.2) is 0 Å². The van der Waals surface area contributed by atoms with E-state index in [2.05, 4.69) is 5.10 Å². The minimum atomic E-state index is -0.516. The van der Waals surface area contributed by atoms with Gasteiger partial charge < -0.3 is 0 Å². The predicted molar refractivity (Wildman–Crippen MR) is 61.5 cm³/mol. The zero-order chi connectivity index (χ0) is 12.4. The van der Waals surface area contributed by atoms with Crippen molar-refractivity contribution < 1.29 is 4.92 Å². The maximum atomic E-state index is 11.5. The van der Waals surface area contributed by atoms with E-state index < -0.39 is 4.92 Å². The summed E-state index contributed by atoms with van der Waals surface area (Å²) in [6.07, 6.45) is 0. The molecular weight excluding hydrogens is 246 g/mol. The molecule has 0 atom stereocenters. The number of aromatic nitrogens is 2. The van der Waals surface area contributed by atoms with Crippen LogP contribution >= 0.6 is 11.6 Å². The van der Waals surface area contributed by atoms with Crippen LogP contribution in [0.25, 0.3) is 5.69 Å². The summed E-state index contributed by atoms with van der Waals surface area (Å²) in [5.41, 5.74) is 0.00943. The lowest BCUT2D eigenvalue weighted by Crippen LogP contribution is -2.19. The highest BCUT2D eigenvalue weighted by Gasteiger charge is 2.06. The Bertz CT molecular complexity index is 621. The molecule has 0 N–H and O–H groups in total. The summed E-state index contributed by atoms with van der Waals surface area (Å²) in [5.74, 6) is 0. The Balaban J connectivity index is 2.50. The minimum absolute atomic E-state index is 0.0520. The Hall–Kier alpha value is -2.21. The van der Waals surface area contributed by atoms with Crippen molar-refractivity contribution in [1.82, 2.24) is 9.78 Å². The third kappa shape index (κ3) is 2.31. The Morgan fingerprint density at radius 2 is 1.82 bits per heavy atom. The number of halogens is 1. The Kier molecular flexibility index (Phi) is 2.88. The van der Waals surface area contributed by atoms with E-state index in [0.717, 1.165) is 4.68 Å². The van der Waals surface area contributed by atoms with E-state index in [4.69, 9.17) is 11.6 Å². The molecule has 0 bridgehead atoms. The highest BCUT2D eigenvalue weighted by Crippen LogP contribution is 2.13. The number of nitrogens with zero attached hydrogens (tertiary/aromatic N) is 3. The Morgan fingerprint density at radius 1 is 1.18 bits per heavy atom. The molecule has 1 heterocycles. The van der Waals surface area contributed by atoms with Gasteiger partial charge in [0.25, 0.3) is 11.2 Å². The van der Waals surface area contributed by atoms with E-state index in [-0.39, 0.29) is 16.4 Å². The zero-order valence-electron chi connectivity index (χ0n) is 8.41. The molecule has 1 aromatic heterocycles. The molecule has 0 unspecified atom stereocenters. The first kappa shape index (κ1) is 11.3. The number of nitro benzene ring substituents is 1. The quantitative estimate of drug-likeness (QED) is 0.602. The monoisotopic (exact) mass is 251 g/mol. The number of hydrogen-bond acceptors (Lipinski definition) is 4. The topological polar surface area (TPSA) is 78.0 Å². The van der Waals surface area contributed by atoms with E-state index in [1.54, 1.807) is 0 Å². The number of rotatable bonds is 2. The van der Waals surface area contributed by atoms with Gasteiger partial charge in [-0.3, -0.25) is 14.9 Å². The van der Waals surface area contributed by atoms with E-state index in [0.29, 0.717) is 5.69 Å². The van der Waals surface area contributed by atoms with Crippen molar-refractivity contribution in [1.29, 1.82) is 0 Å². The molecule has 2 rings (SSSR count). The zero-order valence-corrected chi connectivity index (χ0v) is 9.16. The molecule has 0 aliphatic carbocycles. The van der Waals surface area contributed by atoms with Gasteiger partial charge in [-0.15, -0.1) is 0 Å². The van der Waals surface area contributed by atoms with E-state index in [1.165, 1.54) is 36.4 Å². The number of non-ortho nitro benzene ring substituents is 1. The van der Waals surface area contributed by atoms with Crippen LogP contribution in [0.5, 0.6) is 0 Å². The van der Waals surface area contributed by atoms with E-state index >= 15 is 0 Å². The van der Waals surface area contributed by atoms with Crippen LogP contribution in [0, 0.1) is 10.1 Å². The van der Waals surface area contributed by atoms with Crippen LogP contribution in [0.4, 0.5) is 5.69 Å². The van der Waals surface area contributed by atoms with Gasteiger partial charge in [0.05, 0.1) is 10.6 Å². The van der Waals surface area contributed by atoms with Gasteiger partial charge in [0.2, 0.25) is 0 Å². The van der Waals surface area contributed by atoms with Crippen molar-refractivity contribution in [2.75, 3.05) is 0 Å². The van der Waals surface area contributed by atoms with Crippen molar-refractivity contribution in [3.05, 3.63) is 62.0 Å². The summed E-state index contributed by atoms with van der Waals surface area (Å²) in [6.45, 7) is 0. The first-order valence-corrected chi connectivity index (χ1v) is 4.96.